The first kappa shape index (κ1) is 16.0. The number of rotatable bonds is 4. The van der Waals surface area contributed by atoms with E-state index >= 15 is 0 Å². The van der Waals surface area contributed by atoms with Crippen LogP contribution in [0, 0.1) is 0 Å². The number of ether oxygens (including phenoxy) is 3. The molecule has 7 heteroatoms. The van der Waals surface area contributed by atoms with Crippen LogP contribution in [0.1, 0.15) is 34.0 Å². The molecule has 2 aromatic rings. The van der Waals surface area contributed by atoms with Crippen molar-refractivity contribution in [1.29, 1.82) is 0 Å². The van der Waals surface area contributed by atoms with Gasteiger partial charge in [-0.05, 0) is 30.0 Å². The second-order valence-corrected chi connectivity index (χ2v) is 5.58. The summed E-state index contributed by atoms with van der Waals surface area (Å²) in [5, 5.41) is 0. The molecular weight excluding hydrogens is 310 g/mol. The van der Waals surface area contributed by atoms with Gasteiger partial charge in [0.25, 0.3) is 0 Å². The average molecular weight is 329 g/mol. The Kier molecular flexibility index (Phi) is 4.24. The number of hydrogen-bond acceptors (Lipinski definition) is 7. The molecule has 7 nitrogen and oxygen atoms in total. The Morgan fingerprint density at radius 1 is 1.08 bits per heavy atom. The molecule has 0 unspecified atom stereocenters. The van der Waals surface area contributed by atoms with Gasteiger partial charge in [-0.3, -0.25) is 4.79 Å². The molecule has 0 saturated heterocycles. The van der Waals surface area contributed by atoms with Crippen molar-refractivity contribution in [2.24, 2.45) is 0 Å². The highest BCUT2D eigenvalue weighted by Crippen LogP contribution is 2.42. The van der Waals surface area contributed by atoms with Gasteiger partial charge in [0.1, 0.15) is 0 Å². The van der Waals surface area contributed by atoms with Crippen molar-refractivity contribution in [2.45, 2.75) is 18.8 Å². The zero-order valence-electron chi connectivity index (χ0n) is 13.8. The number of nitrogens with two attached hydrogens (primary N) is 1. The molecule has 1 atom stereocenters. The molecule has 3 rings (SSSR count). The van der Waals surface area contributed by atoms with E-state index in [-0.39, 0.29) is 17.6 Å². The second-order valence-electron chi connectivity index (χ2n) is 5.58. The van der Waals surface area contributed by atoms with Gasteiger partial charge in [0.2, 0.25) is 11.7 Å². The van der Waals surface area contributed by atoms with Gasteiger partial charge in [0.05, 0.1) is 32.6 Å². The van der Waals surface area contributed by atoms with Crippen molar-refractivity contribution in [3.8, 4) is 17.2 Å². The number of hydrogen-bond donors (Lipinski definition) is 1. The SMILES string of the molecule is COc1cc([C@H]2CC(=O)c3cnc(N)nc3C2)cc(OC)c1OC. The van der Waals surface area contributed by atoms with Crippen LogP contribution in [0.4, 0.5) is 5.95 Å². The first-order valence-electron chi connectivity index (χ1n) is 7.51. The third-order valence-electron chi connectivity index (χ3n) is 4.22. The lowest BCUT2D eigenvalue weighted by molar-refractivity contribution is 0.0962. The number of methoxy groups -OCH3 is 3. The van der Waals surface area contributed by atoms with Crippen molar-refractivity contribution in [3.63, 3.8) is 0 Å². The van der Waals surface area contributed by atoms with Gasteiger partial charge in [-0.15, -0.1) is 0 Å². The zero-order valence-corrected chi connectivity index (χ0v) is 13.8. The summed E-state index contributed by atoms with van der Waals surface area (Å²) in [7, 11) is 4.69. The molecule has 126 valence electrons. The normalized spacial score (nSPS) is 16.5. The topological polar surface area (TPSA) is 96.6 Å². The molecule has 1 heterocycles. The highest BCUT2D eigenvalue weighted by Gasteiger charge is 2.29. The van der Waals surface area contributed by atoms with Crippen LogP contribution in [0.3, 0.4) is 0 Å². The maximum atomic E-state index is 12.4. The van der Waals surface area contributed by atoms with Crippen molar-refractivity contribution in [1.82, 2.24) is 9.97 Å². The molecule has 0 amide bonds. The van der Waals surface area contributed by atoms with Crippen molar-refractivity contribution < 1.29 is 19.0 Å². The summed E-state index contributed by atoms with van der Waals surface area (Å²) in [6, 6.07) is 3.74. The summed E-state index contributed by atoms with van der Waals surface area (Å²) in [6.45, 7) is 0. The fraction of sp³-hybridized carbons (Fsp3) is 0.353. The molecule has 24 heavy (non-hydrogen) atoms. The summed E-state index contributed by atoms with van der Waals surface area (Å²) in [4.78, 5) is 20.5. The zero-order chi connectivity index (χ0) is 17.3. The number of carbonyl (C=O) groups excluding carboxylic acids is 1. The first-order chi connectivity index (χ1) is 11.6. The molecule has 1 aliphatic carbocycles. The third kappa shape index (κ3) is 2.73. The molecular formula is C17H19N3O4. The average Bonchev–Trinajstić information content (AvgIpc) is 2.59. The Hall–Kier alpha value is -2.83. The molecule has 0 spiro atoms. The monoisotopic (exact) mass is 329 g/mol. The maximum Gasteiger partial charge on any atom is 0.220 e. The van der Waals surface area contributed by atoms with E-state index in [1.165, 1.54) is 6.20 Å². The quantitative estimate of drug-likeness (QED) is 0.916. The number of benzene rings is 1. The van der Waals surface area contributed by atoms with Crippen molar-refractivity contribution >= 4 is 11.7 Å². The Balaban J connectivity index is 2.02. The van der Waals surface area contributed by atoms with Crippen LogP contribution in [-0.2, 0) is 6.42 Å². The standard InChI is InChI=1S/C17H19N3O4/c1-22-14-6-10(7-15(23-2)16(14)24-3)9-4-12-11(13(21)5-9)8-19-17(18)20-12/h6-9H,4-5H2,1-3H3,(H2,18,19,20)/t9-/m1/s1. The van der Waals surface area contributed by atoms with Gasteiger partial charge in [-0.2, -0.15) is 0 Å². The van der Waals surface area contributed by atoms with E-state index in [4.69, 9.17) is 19.9 Å². The number of nitrogen functional groups attached to an aromatic ring is 1. The molecule has 2 N–H and O–H groups in total. The second kappa shape index (κ2) is 6.35. The Morgan fingerprint density at radius 2 is 1.75 bits per heavy atom. The predicted octanol–water partition coefficient (Wildman–Crippen LogP) is 2.00. The van der Waals surface area contributed by atoms with Crippen LogP contribution in [0.5, 0.6) is 17.2 Å². The van der Waals surface area contributed by atoms with Crippen molar-refractivity contribution in [3.05, 3.63) is 35.2 Å². The predicted molar refractivity (Wildman–Crippen MR) is 87.9 cm³/mol. The van der Waals surface area contributed by atoms with Crippen LogP contribution >= 0.6 is 0 Å². The molecule has 1 aliphatic rings. The number of carbonyl (C=O) groups is 1. The number of fused-ring (bicyclic) bond motifs is 1. The molecule has 1 aromatic carbocycles. The maximum absolute atomic E-state index is 12.4. The highest BCUT2D eigenvalue weighted by molar-refractivity contribution is 5.98. The lowest BCUT2D eigenvalue weighted by atomic mass is 9.82. The minimum Gasteiger partial charge on any atom is -0.493 e. The fourth-order valence-electron chi connectivity index (χ4n) is 3.03. The molecule has 0 fully saturated rings. The molecule has 0 saturated carbocycles. The minimum absolute atomic E-state index is 0.00926. The van der Waals surface area contributed by atoms with Crippen LogP contribution in [0.25, 0.3) is 0 Å². The summed E-state index contributed by atoms with van der Waals surface area (Å²) in [5.74, 6) is 1.80. The molecule has 0 aliphatic heterocycles. The van der Waals surface area contributed by atoms with E-state index in [9.17, 15) is 4.79 Å². The molecule has 0 radical (unpaired) electrons. The number of aromatic nitrogens is 2. The van der Waals surface area contributed by atoms with Crippen LogP contribution in [0.2, 0.25) is 0 Å². The number of nitrogens with zero attached hydrogens (tertiary/aromatic N) is 2. The van der Waals surface area contributed by atoms with E-state index in [2.05, 4.69) is 9.97 Å². The lowest BCUT2D eigenvalue weighted by Crippen LogP contribution is -2.21. The number of ketones is 1. The minimum atomic E-state index is -0.0343. The van der Waals surface area contributed by atoms with Gasteiger partial charge in [0.15, 0.2) is 17.3 Å². The number of anilines is 1. The largest absolute Gasteiger partial charge is 0.493 e. The highest BCUT2D eigenvalue weighted by atomic mass is 16.5. The van der Waals surface area contributed by atoms with E-state index in [1.54, 1.807) is 21.3 Å². The number of Topliss-reactive ketones (excluding diaryl/α,β-unsaturated/α-hetero) is 1. The third-order valence-corrected chi connectivity index (χ3v) is 4.22. The van der Waals surface area contributed by atoms with Crippen LogP contribution in [-0.4, -0.2) is 37.1 Å². The van der Waals surface area contributed by atoms with Crippen LogP contribution in [0.15, 0.2) is 18.3 Å². The van der Waals surface area contributed by atoms with E-state index in [0.29, 0.717) is 41.3 Å². The van der Waals surface area contributed by atoms with Gasteiger partial charge in [-0.1, -0.05) is 0 Å². The van der Waals surface area contributed by atoms with Crippen molar-refractivity contribution in [2.75, 3.05) is 27.1 Å². The molecule has 0 bridgehead atoms. The summed E-state index contributed by atoms with van der Waals surface area (Å²) < 4.78 is 16.1. The van der Waals surface area contributed by atoms with Gasteiger partial charge < -0.3 is 19.9 Å². The van der Waals surface area contributed by atoms with Crippen LogP contribution < -0.4 is 19.9 Å². The fourth-order valence-corrected chi connectivity index (χ4v) is 3.03. The van der Waals surface area contributed by atoms with E-state index in [0.717, 1.165) is 5.56 Å². The van der Waals surface area contributed by atoms with Gasteiger partial charge in [-0.25, -0.2) is 9.97 Å². The smallest absolute Gasteiger partial charge is 0.220 e. The summed E-state index contributed by atoms with van der Waals surface area (Å²) >= 11 is 0. The molecule has 1 aromatic heterocycles. The Morgan fingerprint density at radius 3 is 2.33 bits per heavy atom. The lowest BCUT2D eigenvalue weighted by Gasteiger charge is -2.24. The van der Waals surface area contributed by atoms with Gasteiger partial charge in [0, 0.05) is 12.6 Å². The summed E-state index contributed by atoms with van der Waals surface area (Å²) in [6.07, 6.45) is 2.48. The first-order valence-corrected chi connectivity index (χ1v) is 7.51. The van der Waals surface area contributed by atoms with Gasteiger partial charge >= 0.3 is 0 Å². The Labute approximate surface area is 139 Å². The van der Waals surface area contributed by atoms with E-state index < -0.39 is 0 Å². The summed E-state index contributed by atoms with van der Waals surface area (Å²) in [5.41, 5.74) is 7.81. The van der Waals surface area contributed by atoms with E-state index in [1.807, 2.05) is 12.1 Å². The Bertz CT molecular complexity index is 766.